The summed E-state index contributed by atoms with van der Waals surface area (Å²) in [5.74, 6) is -27.6. The Hall–Kier alpha value is -11.9. The Balaban J connectivity index is 1.44. The molecule has 0 bridgehead atoms. The van der Waals surface area contributed by atoms with Crippen LogP contribution in [0.5, 0.6) is 0 Å². The molecule has 120 heavy (non-hydrogen) atoms. The number of primary amides is 2. The number of Topliss-reactive ketones (excluding diaryl/α,β-unsaturated/α-hetero) is 3. The van der Waals surface area contributed by atoms with E-state index in [1.807, 2.05) is 12.1 Å². The van der Waals surface area contributed by atoms with Crippen LogP contribution < -0.4 is 54.0 Å². The normalized spacial score (nSPS) is 24.8. The third kappa shape index (κ3) is 29.3. The number of carboxylic acids is 2. The molecule has 4 aromatic rings. The summed E-state index contributed by atoms with van der Waals surface area (Å²) in [6, 6.07) is 14.6. The van der Waals surface area contributed by atoms with Crippen LogP contribution >= 0.6 is 11.8 Å². The van der Waals surface area contributed by atoms with Gasteiger partial charge in [0.05, 0.1) is 80.4 Å². The minimum Gasteiger partial charge on any atom is -0.481 e. The van der Waals surface area contributed by atoms with Gasteiger partial charge in [0.2, 0.25) is 76.8 Å². The molecule has 0 aliphatic carbocycles. The first kappa shape index (κ1) is 97.0. The average molecular weight is 1690 g/mol. The van der Waals surface area contributed by atoms with E-state index in [0.717, 1.165) is 65.5 Å². The van der Waals surface area contributed by atoms with Crippen LogP contribution in [0.1, 0.15) is 102 Å². The zero-order chi connectivity index (χ0) is 88.8. The molecule has 4 aromatic carbocycles. The van der Waals surface area contributed by atoms with Crippen LogP contribution in [0.25, 0.3) is 11.1 Å². The number of rotatable bonds is 22. The molecule has 0 aromatic heterocycles. The van der Waals surface area contributed by atoms with Gasteiger partial charge in [0.1, 0.15) is 48.3 Å². The smallest absolute Gasteiger partial charge is 0.304 e. The first-order chi connectivity index (χ1) is 56.8. The van der Waals surface area contributed by atoms with Gasteiger partial charge in [0.15, 0.2) is 17.3 Å². The number of carbonyl (C=O) groups is 18. The van der Waals surface area contributed by atoms with E-state index >= 15 is 9.59 Å². The van der Waals surface area contributed by atoms with Crippen LogP contribution in [0.15, 0.2) is 115 Å². The monoisotopic (exact) mass is 1690 g/mol. The van der Waals surface area contributed by atoms with Gasteiger partial charge in [-0.1, -0.05) is 129 Å². The van der Waals surface area contributed by atoms with E-state index in [4.69, 9.17) is 11.5 Å². The Labute approximate surface area is 696 Å². The van der Waals surface area contributed by atoms with Crippen LogP contribution in [-0.4, -0.2) is 276 Å². The Morgan fingerprint density at radius 3 is 1.58 bits per heavy atom. The van der Waals surface area contributed by atoms with Crippen molar-refractivity contribution in [3.8, 4) is 11.1 Å². The highest BCUT2D eigenvalue weighted by atomic mass is 32.2. The maximum Gasteiger partial charge on any atom is 0.304 e. The second-order valence-electron chi connectivity index (χ2n) is 30.1. The maximum atomic E-state index is 15.5. The minimum absolute atomic E-state index is 0.0628. The van der Waals surface area contributed by atoms with Gasteiger partial charge in [-0.2, -0.15) is 0 Å². The van der Waals surface area contributed by atoms with Gasteiger partial charge in [-0.3, -0.25) is 86.3 Å². The minimum atomic E-state index is -2.00. The number of benzene rings is 4. The summed E-state index contributed by atoms with van der Waals surface area (Å²) in [7, 11) is 2.19. The molecule has 18 N–H and O–H groups in total. The van der Waals surface area contributed by atoms with Crippen LogP contribution in [0.3, 0.4) is 0 Å². The fourth-order valence-corrected chi connectivity index (χ4v) is 14.7. The van der Waals surface area contributed by atoms with Gasteiger partial charge in [0.25, 0.3) is 0 Å². The molecule has 0 spiro atoms. The van der Waals surface area contributed by atoms with Crippen molar-refractivity contribution in [1.82, 2.24) is 57.2 Å². The summed E-state index contributed by atoms with van der Waals surface area (Å²) in [5.41, 5.74) is 13.8. The predicted molar refractivity (Wildman–Crippen MR) is 431 cm³/mol. The first-order valence-electron chi connectivity index (χ1n) is 39.0. The first-order valence-corrected chi connectivity index (χ1v) is 40.2. The molecule has 650 valence electrons. The highest BCUT2D eigenvalue weighted by Gasteiger charge is 2.44. The summed E-state index contributed by atoms with van der Waals surface area (Å²) in [6.45, 7) is 1.95. The van der Waals surface area contributed by atoms with Crippen LogP contribution in [-0.2, 0) is 106 Å². The molecular weight excluding hydrogens is 1580 g/mol. The van der Waals surface area contributed by atoms with E-state index in [9.17, 15) is 107 Å². The molecule has 6 rings (SSSR count). The van der Waals surface area contributed by atoms with Gasteiger partial charge in [-0.05, 0) is 66.8 Å². The number of ketones is 3. The summed E-state index contributed by atoms with van der Waals surface area (Å²) < 4.78 is 0. The third-order valence-electron chi connectivity index (χ3n) is 20.6. The zero-order valence-electron chi connectivity index (χ0n) is 67.4. The Morgan fingerprint density at radius 1 is 0.500 bits per heavy atom. The van der Waals surface area contributed by atoms with E-state index in [0.29, 0.717) is 16.7 Å². The van der Waals surface area contributed by atoms with Crippen molar-refractivity contribution in [2.75, 3.05) is 51.9 Å². The second-order valence-corrected chi connectivity index (χ2v) is 31.1. The SMILES string of the molecule is CC(C)[C@@H]1NC(=O)[C@H](Cc2ccccc2)NC(=O)CSC[C@@H](C(=O)NCC(N)=O)NC(=O)[C@@H]2CCCN2C(=O)[C@H](CO)CC(=O)[C@H](CC(N)=O)NC(=O)[C@H](CCC(=O)O)N(C)C(=O)[C@H](Cc2ccc(-c3ccccc3)cc2)NC(=O)[C@H](Cc2ccccc2)N(C)C(=O)[C@H](CO)NC(=O)[C@H]([C@@H](C)O)CC(=O)[C@H]([C@@H](C)O)NC(=O)[C@H](CC(=O)O)CC1=O. The summed E-state index contributed by atoms with van der Waals surface area (Å²) in [6.07, 6.45) is -11.0. The lowest BCUT2D eigenvalue weighted by atomic mass is 9.88. The molecule has 0 saturated carbocycles. The fraction of sp³-hybridized carbons (Fsp3) is 0.488. The predicted octanol–water partition coefficient (Wildman–Crippen LogP) is -2.89. The number of nitrogens with zero attached hydrogens (tertiary/aromatic N) is 3. The van der Waals surface area contributed by atoms with Crippen LogP contribution in [0.4, 0.5) is 0 Å². The number of hydrogen-bond acceptors (Lipinski definition) is 23. The van der Waals surface area contributed by atoms with E-state index in [2.05, 4.69) is 42.5 Å². The number of amides is 13. The standard InChI is InChI=1S/C82H107N13O24S/c1-44(2)71-64(101)34-52(36-70(108)109)73(110)92-72(46(4)99)65(102)37-54(45(3)98)74(111)89-58(41-97)82(119)94(6)62(33-48-19-12-8-13-20-48)79(116)88-57(32-49-24-26-51(27-25-49)50-21-14-9-15-22-50)81(118)93(5)60(28-29-69(106)107)77(114)87-55(38-66(83)103)63(100)35-53(40-96)80(117)95-30-16-23-61(95)78(115)90-59(75(112)85-39-67(84)104)42-120-43-68(105)86-56(76(113)91-71)31-47-17-10-7-11-18-47/h7-15,17-22,24-27,44-46,52-62,71-72,96-99H,16,23,28-43H2,1-6H3,(H2,83,103)(H2,84,104)(H,85,112)(H,86,105)(H,87,114)(H,88,116)(H,89,111)(H,90,115)(H,91,113)(H,92,110)(H,106,107)(H,108,109)/t45-,46-,52+,53+,54+,55+,56+,57+,58+,59+,60+,61+,62+,71+,72+/m1/s1. The van der Waals surface area contributed by atoms with Crippen molar-refractivity contribution in [2.24, 2.45) is 35.1 Å². The molecule has 2 heterocycles. The molecule has 13 amide bonds. The molecule has 2 aliphatic rings. The number of carboxylic acid groups (broad SMARTS) is 2. The van der Waals surface area contributed by atoms with Gasteiger partial charge in [-0.15, -0.1) is 11.8 Å². The van der Waals surface area contributed by atoms with Crippen molar-refractivity contribution in [2.45, 2.75) is 177 Å². The van der Waals surface area contributed by atoms with Crippen LogP contribution in [0, 0.1) is 23.7 Å². The van der Waals surface area contributed by atoms with E-state index in [-0.39, 0.29) is 32.2 Å². The van der Waals surface area contributed by atoms with Crippen molar-refractivity contribution >= 4 is 118 Å². The Morgan fingerprint density at radius 2 is 1.02 bits per heavy atom. The van der Waals surface area contributed by atoms with Gasteiger partial charge in [0, 0.05) is 71.3 Å². The molecule has 2 aliphatic heterocycles. The van der Waals surface area contributed by atoms with Crippen LogP contribution in [0.2, 0.25) is 0 Å². The van der Waals surface area contributed by atoms with Crippen molar-refractivity contribution < 1.29 is 117 Å². The molecule has 38 heteroatoms. The molecule has 0 radical (unpaired) electrons. The maximum absolute atomic E-state index is 15.5. The fourth-order valence-electron chi connectivity index (χ4n) is 13.9. The number of fused-ring (bicyclic) bond motifs is 1. The zero-order valence-corrected chi connectivity index (χ0v) is 68.2. The van der Waals surface area contributed by atoms with Crippen molar-refractivity contribution in [3.05, 3.63) is 132 Å². The lowest BCUT2D eigenvalue weighted by Gasteiger charge is -2.34. The number of aliphatic carboxylic acids is 2. The highest BCUT2D eigenvalue weighted by molar-refractivity contribution is 8.00. The third-order valence-corrected chi connectivity index (χ3v) is 21.6. The molecule has 15 atom stereocenters. The summed E-state index contributed by atoms with van der Waals surface area (Å²) in [4.78, 5) is 256. The second kappa shape index (κ2) is 47.1. The lowest BCUT2D eigenvalue weighted by Crippen LogP contribution is -2.60. The van der Waals surface area contributed by atoms with Gasteiger partial charge in [-0.25, -0.2) is 0 Å². The molecule has 37 nitrogen and oxygen atoms in total. The molecule has 2 saturated heterocycles. The molecule has 2 fully saturated rings. The lowest BCUT2D eigenvalue weighted by molar-refractivity contribution is -0.147. The molecule has 0 unspecified atom stereocenters. The Bertz CT molecular complexity index is 4310. The van der Waals surface area contributed by atoms with Gasteiger partial charge >= 0.3 is 11.9 Å². The van der Waals surface area contributed by atoms with E-state index in [1.54, 1.807) is 103 Å². The number of thioether (sulfide) groups is 1. The highest BCUT2D eigenvalue weighted by Crippen LogP contribution is 2.26. The van der Waals surface area contributed by atoms with Gasteiger partial charge < -0.3 is 99.3 Å². The van der Waals surface area contributed by atoms with Crippen molar-refractivity contribution in [3.63, 3.8) is 0 Å². The number of hydrogen-bond donors (Lipinski definition) is 16. The Kier molecular flexibility index (Phi) is 38.0. The average Bonchev–Trinajstić information content (AvgIpc) is 1.29. The van der Waals surface area contributed by atoms with E-state index < -0.39 is 285 Å². The number of carbonyl (C=O) groups excluding carboxylic acids is 16. The number of aliphatic hydroxyl groups excluding tert-OH is 4. The quantitative estimate of drug-likeness (QED) is 0.0376. The number of likely N-dealkylation sites (N-methyl/N-ethyl adjacent to an activating group) is 2. The van der Waals surface area contributed by atoms with E-state index in [1.165, 1.54) is 13.8 Å². The number of nitrogens with two attached hydrogens (primary N) is 2. The summed E-state index contributed by atoms with van der Waals surface area (Å²) in [5, 5.41) is 83.7. The number of aliphatic hydroxyl groups is 4. The van der Waals surface area contributed by atoms with Crippen molar-refractivity contribution in [1.29, 1.82) is 0 Å². The molecular formula is C82H107N13O24S. The largest absolute Gasteiger partial charge is 0.481 e. The summed E-state index contributed by atoms with van der Waals surface area (Å²) >= 11 is 0.741. The topological polar surface area (TPSA) is 587 Å². The number of nitrogens with one attached hydrogen (secondary N) is 8.